The Balaban J connectivity index is 2.22. The van der Waals surface area contributed by atoms with Crippen LogP contribution in [0, 0.1) is 10.1 Å². The highest BCUT2D eigenvalue weighted by Crippen LogP contribution is 2.28. The Morgan fingerprint density at radius 3 is 2.43 bits per heavy atom. The summed E-state index contributed by atoms with van der Waals surface area (Å²) in [7, 11) is 0. The lowest BCUT2D eigenvalue weighted by Crippen LogP contribution is -2.02. The normalized spacial score (nSPS) is 10.4. The smallest absolute Gasteiger partial charge is 0.277 e. The Labute approximate surface area is 139 Å². The molecule has 4 nitrogen and oxygen atoms in total. The number of rotatable bonds is 5. The zero-order chi connectivity index (χ0) is 15.4. The van der Waals surface area contributed by atoms with Crippen LogP contribution in [0.3, 0.4) is 0 Å². The van der Waals surface area contributed by atoms with Gasteiger partial charge >= 0.3 is 0 Å². The molecule has 0 bridgehead atoms. The van der Waals surface area contributed by atoms with Crippen molar-refractivity contribution in [3.05, 3.63) is 67.7 Å². The topological polar surface area (TPSA) is 52.4 Å². The molecule has 2 rings (SSSR count). The number of halogens is 3. The number of benzene rings is 2. The van der Waals surface area contributed by atoms with Gasteiger partial charge in [-0.05, 0) is 30.3 Å². The lowest BCUT2D eigenvalue weighted by atomic mass is 10.2. The van der Waals surface area contributed by atoms with Gasteiger partial charge in [0.25, 0.3) is 5.69 Å². The van der Waals surface area contributed by atoms with Crippen molar-refractivity contribution in [1.82, 2.24) is 0 Å². The molecule has 0 aliphatic heterocycles. The van der Waals surface area contributed by atoms with E-state index in [1.54, 1.807) is 30.3 Å². The van der Waals surface area contributed by atoms with Crippen molar-refractivity contribution in [2.45, 2.75) is 11.9 Å². The van der Waals surface area contributed by atoms with E-state index >= 15 is 0 Å². The maximum Gasteiger partial charge on any atom is 0.277 e. The largest absolute Gasteiger partial charge is 0.488 e. The average molecular weight is 391 g/mol. The predicted octanol–water partition coefficient (Wildman–Crippen LogP) is 5.38. The van der Waals surface area contributed by atoms with Crippen molar-refractivity contribution in [1.29, 1.82) is 0 Å². The molecule has 0 heterocycles. The van der Waals surface area contributed by atoms with E-state index < -0.39 is 4.92 Å². The minimum absolute atomic E-state index is 0.0585. The summed E-state index contributed by atoms with van der Waals surface area (Å²) in [5.74, 6) is 0.625. The Morgan fingerprint density at radius 2 is 1.76 bits per heavy atom. The highest BCUT2D eigenvalue weighted by Gasteiger charge is 2.15. The van der Waals surface area contributed by atoms with Gasteiger partial charge < -0.3 is 4.74 Å². The van der Waals surface area contributed by atoms with Crippen LogP contribution in [0.4, 0.5) is 5.69 Å². The summed E-state index contributed by atoms with van der Waals surface area (Å²) < 4.78 is 5.66. The van der Waals surface area contributed by atoms with Gasteiger partial charge in [-0.1, -0.05) is 39.1 Å². The Kier molecular flexibility index (Phi) is 5.45. The van der Waals surface area contributed by atoms with Crippen molar-refractivity contribution in [2.24, 2.45) is 0 Å². The van der Waals surface area contributed by atoms with Crippen LogP contribution >= 0.6 is 39.1 Å². The fourth-order valence-corrected chi connectivity index (χ4v) is 2.58. The van der Waals surface area contributed by atoms with Crippen molar-refractivity contribution in [3.8, 4) is 5.75 Å². The van der Waals surface area contributed by atoms with E-state index in [1.165, 1.54) is 6.07 Å². The molecule has 0 radical (unpaired) electrons. The number of nitrogens with zero attached hydrogens (tertiary/aromatic N) is 1. The van der Waals surface area contributed by atoms with Gasteiger partial charge in [0.1, 0.15) is 12.4 Å². The first kappa shape index (κ1) is 16.1. The molecule has 0 atom stereocenters. The second-order valence-electron chi connectivity index (χ2n) is 4.20. The lowest BCUT2D eigenvalue weighted by molar-refractivity contribution is -0.385. The standard InChI is InChI=1S/C14H10BrCl2NO3/c15-7-10-5-11(16)3-4-14(10)21-8-9-1-2-12(17)6-13(9)18(19)20/h1-6H,7-8H2. The quantitative estimate of drug-likeness (QED) is 0.391. The van der Waals surface area contributed by atoms with Crippen LogP contribution in [0.15, 0.2) is 36.4 Å². The Bertz CT molecular complexity index is 679. The summed E-state index contributed by atoms with van der Waals surface area (Å²) in [6, 6.07) is 9.72. The van der Waals surface area contributed by atoms with Crippen LogP contribution in [-0.4, -0.2) is 4.92 Å². The SMILES string of the molecule is O=[N+]([O-])c1cc(Cl)ccc1COc1ccc(Cl)cc1CBr. The average Bonchev–Trinajstić information content (AvgIpc) is 2.46. The molecule has 110 valence electrons. The van der Waals surface area contributed by atoms with E-state index in [1.807, 2.05) is 0 Å². The third kappa shape index (κ3) is 4.09. The molecule has 0 fully saturated rings. The molecule has 0 unspecified atom stereocenters. The highest BCUT2D eigenvalue weighted by molar-refractivity contribution is 9.08. The second-order valence-corrected chi connectivity index (χ2v) is 5.64. The van der Waals surface area contributed by atoms with Crippen molar-refractivity contribution in [2.75, 3.05) is 0 Å². The zero-order valence-corrected chi connectivity index (χ0v) is 13.8. The fourth-order valence-electron chi connectivity index (χ4n) is 1.78. The van der Waals surface area contributed by atoms with Gasteiger partial charge in [-0.2, -0.15) is 0 Å². The molecule has 0 saturated carbocycles. The number of nitro benzene ring substituents is 1. The van der Waals surface area contributed by atoms with Gasteiger partial charge in [-0.3, -0.25) is 10.1 Å². The number of alkyl halides is 1. The molecule has 0 saturated heterocycles. The van der Waals surface area contributed by atoms with Gasteiger partial charge in [0.05, 0.1) is 10.5 Å². The van der Waals surface area contributed by atoms with E-state index in [0.717, 1.165) is 5.56 Å². The van der Waals surface area contributed by atoms with Gasteiger partial charge in [-0.15, -0.1) is 0 Å². The third-order valence-electron chi connectivity index (χ3n) is 2.79. The minimum atomic E-state index is -0.474. The molecule has 0 spiro atoms. The predicted molar refractivity (Wildman–Crippen MR) is 86.5 cm³/mol. The van der Waals surface area contributed by atoms with Crippen LogP contribution < -0.4 is 4.74 Å². The number of hydrogen-bond donors (Lipinski definition) is 0. The Morgan fingerprint density at radius 1 is 1.10 bits per heavy atom. The number of hydrogen-bond acceptors (Lipinski definition) is 3. The van der Waals surface area contributed by atoms with Gasteiger partial charge in [0, 0.05) is 27.0 Å². The molecule has 2 aromatic carbocycles. The molecule has 0 aliphatic rings. The zero-order valence-electron chi connectivity index (χ0n) is 10.7. The molecular weight excluding hydrogens is 381 g/mol. The molecule has 21 heavy (non-hydrogen) atoms. The first-order valence-electron chi connectivity index (χ1n) is 5.91. The number of nitro groups is 1. The van der Waals surface area contributed by atoms with Crippen LogP contribution in [0.5, 0.6) is 5.75 Å². The van der Waals surface area contributed by atoms with Gasteiger partial charge in [0.2, 0.25) is 0 Å². The molecular formula is C14H10BrCl2NO3. The summed E-state index contributed by atoms with van der Waals surface area (Å²) >= 11 is 15.0. The number of ether oxygens (including phenoxy) is 1. The van der Waals surface area contributed by atoms with Crippen molar-refractivity contribution < 1.29 is 9.66 Å². The van der Waals surface area contributed by atoms with E-state index in [4.69, 9.17) is 27.9 Å². The van der Waals surface area contributed by atoms with Crippen molar-refractivity contribution in [3.63, 3.8) is 0 Å². The monoisotopic (exact) mass is 389 g/mol. The molecule has 2 aromatic rings. The highest BCUT2D eigenvalue weighted by atomic mass is 79.9. The first-order valence-corrected chi connectivity index (χ1v) is 7.79. The lowest BCUT2D eigenvalue weighted by Gasteiger charge is -2.11. The van der Waals surface area contributed by atoms with Crippen LogP contribution in [-0.2, 0) is 11.9 Å². The molecule has 0 aromatic heterocycles. The van der Waals surface area contributed by atoms with Gasteiger partial charge in [-0.25, -0.2) is 0 Å². The van der Waals surface area contributed by atoms with Crippen LogP contribution in [0.25, 0.3) is 0 Å². The summed E-state index contributed by atoms with van der Waals surface area (Å²) in [5.41, 5.74) is 1.27. The van der Waals surface area contributed by atoms with Crippen molar-refractivity contribution >= 4 is 44.8 Å². The van der Waals surface area contributed by atoms with E-state index in [-0.39, 0.29) is 12.3 Å². The maximum atomic E-state index is 11.0. The third-order valence-corrected chi connectivity index (χ3v) is 3.87. The Hall–Kier alpha value is -1.30. The molecule has 0 aliphatic carbocycles. The van der Waals surface area contributed by atoms with E-state index in [2.05, 4.69) is 15.9 Å². The van der Waals surface area contributed by atoms with E-state index in [0.29, 0.717) is 26.7 Å². The molecule has 0 amide bonds. The summed E-state index contributed by atoms with van der Waals surface area (Å²) in [6.07, 6.45) is 0. The molecule has 0 N–H and O–H groups in total. The summed E-state index contributed by atoms with van der Waals surface area (Å²) in [6.45, 7) is 0.0785. The fraction of sp³-hybridized carbons (Fsp3) is 0.143. The first-order chi connectivity index (χ1) is 10.0. The summed E-state index contributed by atoms with van der Waals surface area (Å²) in [4.78, 5) is 10.5. The maximum absolute atomic E-state index is 11.0. The second kappa shape index (κ2) is 7.11. The van der Waals surface area contributed by atoms with Gasteiger partial charge in [0.15, 0.2) is 0 Å². The van der Waals surface area contributed by atoms with Crippen LogP contribution in [0.2, 0.25) is 10.0 Å². The van der Waals surface area contributed by atoms with E-state index in [9.17, 15) is 10.1 Å². The summed E-state index contributed by atoms with van der Waals surface area (Å²) in [5, 5.41) is 12.5. The minimum Gasteiger partial charge on any atom is -0.488 e. The van der Waals surface area contributed by atoms with Crippen LogP contribution in [0.1, 0.15) is 11.1 Å². The molecule has 7 heteroatoms.